The molecule has 0 saturated heterocycles. The minimum Gasteiger partial charge on any atom is -0.258 e. The number of hydrogen-bond donors (Lipinski definition) is 0. The number of nitrogens with zero attached hydrogens (tertiary/aromatic N) is 4. The zero-order chi connectivity index (χ0) is 16.2. The molecule has 1 heterocycles. The first-order valence-corrected chi connectivity index (χ1v) is 6.75. The third-order valence-electron chi connectivity index (χ3n) is 3.34. The molecule has 23 heavy (non-hydrogen) atoms. The van der Waals surface area contributed by atoms with Crippen LogP contribution in [0.1, 0.15) is 5.56 Å². The molecular formula is C17H10N4O2. The fraction of sp³-hybridized carbons (Fsp3) is 0. The predicted molar refractivity (Wildman–Crippen MR) is 84.3 cm³/mol. The lowest BCUT2D eigenvalue weighted by molar-refractivity contribution is -0.384. The van der Waals surface area contributed by atoms with Gasteiger partial charge in [-0.2, -0.15) is 5.26 Å². The van der Waals surface area contributed by atoms with E-state index in [4.69, 9.17) is 5.26 Å². The summed E-state index contributed by atoms with van der Waals surface area (Å²) in [5.41, 5.74) is 3.44. The average molecular weight is 302 g/mol. The third-order valence-corrected chi connectivity index (χ3v) is 3.34. The van der Waals surface area contributed by atoms with Crippen LogP contribution in [0.5, 0.6) is 0 Å². The highest BCUT2D eigenvalue weighted by atomic mass is 16.6. The van der Waals surface area contributed by atoms with Gasteiger partial charge in [-0.3, -0.25) is 20.1 Å². The summed E-state index contributed by atoms with van der Waals surface area (Å²) in [6.45, 7) is 0. The summed E-state index contributed by atoms with van der Waals surface area (Å²) in [6, 6.07) is 15.3. The fourth-order valence-electron chi connectivity index (χ4n) is 2.20. The molecular weight excluding hydrogens is 292 g/mol. The standard InChI is InChI=1S/C17H10N4O2/c18-11-12-1-3-13(4-2-12)16-17(20-10-9-19-16)14-5-7-15(8-6-14)21(22)23/h1-10H. The van der Waals surface area contributed by atoms with E-state index in [2.05, 4.69) is 16.0 Å². The van der Waals surface area contributed by atoms with E-state index in [-0.39, 0.29) is 5.69 Å². The SMILES string of the molecule is N#Cc1ccc(-c2nccnc2-c2ccc([N+](=O)[O-])cc2)cc1. The Morgan fingerprint density at radius 1 is 0.870 bits per heavy atom. The van der Waals surface area contributed by atoms with Gasteiger partial charge in [-0.15, -0.1) is 0 Å². The normalized spacial score (nSPS) is 10.0. The van der Waals surface area contributed by atoms with Gasteiger partial charge in [-0.05, 0) is 24.3 Å². The van der Waals surface area contributed by atoms with Crippen LogP contribution in [0.25, 0.3) is 22.5 Å². The van der Waals surface area contributed by atoms with Crippen LogP contribution in [-0.4, -0.2) is 14.9 Å². The van der Waals surface area contributed by atoms with Crippen LogP contribution < -0.4 is 0 Å². The van der Waals surface area contributed by atoms with Gasteiger partial charge in [0.15, 0.2) is 0 Å². The molecule has 3 aromatic rings. The van der Waals surface area contributed by atoms with Gasteiger partial charge < -0.3 is 0 Å². The van der Waals surface area contributed by atoms with Crippen molar-refractivity contribution in [3.05, 3.63) is 76.6 Å². The number of aromatic nitrogens is 2. The van der Waals surface area contributed by atoms with E-state index in [1.54, 1.807) is 48.8 Å². The first kappa shape index (κ1) is 14.4. The topological polar surface area (TPSA) is 92.7 Å². The molecule has 0 N–H and O–H groups in total. The molecule has 0 spiro atoms. The number of hydrogen-bond acceptors (Lipinski definition) is 5. The van der Waals surface area contributed by atoms with Crippen molar-refractivity contribution in [2.24, 2.45) is 0 Å². The van der Waals surface area contributed by atoms with Crippen molar-refractivity contribution in [3.63, 3.8) is 0 Å². The first-order valence-electron chi connectivity index (χ1n) is 6.75. The van der Waals surface area contributed by atoms with Crippen molar-refractivity contribution in [2.75, 3.05) is 0 Å². The summed E-state index contributed by atoms with van der Waals surface area (Å²) in [4.78, 5) is 19.0. The molecule has 110 valence electrons. The van der Waals surface area contributed by atoms with Crippen LogP contribution in [-0.2, 0) is 0 Å². The number of nitro benzene ring substituents is 1. The van der Waals surface area contributed by atoms with Crippen LogP contribution in [0.4, 0.5) is 5.69 Å². The minimum absolute atomic E-state index is 0.0255. The van der Waals surface area contributed by atoms with Gasteiger partial charge in [-0.25, -0.2) is 0 Å². The lowest BCUT2D eigenvalue weighted by atomic mass is 10.0. The maximum Gasteiger partial charge on any atom is 0.269 e. The molecule has 0 aliphatic heterocycles. The third kappa shape index (κ3) is 2.89. The zero-order valence-corrected chi connectivity index (χ0v) is 11.9. The van der Waals surface area contributed by atoms with Crippen molar-refractivity contribution in [3.8, 4) is 28.6 Å². The highest BCUT2D eigenvalue weighted by Gasteiger charge is 2.12. The Kier molecular flexibility index (Phi) is 3.77. The highest BCUT2D eigenvalue weighted by Crippen LogP contribution is 2.29. The van der Waals surface area contributed by atoms with E-state index in [1.165, 1.54) is 12.1 Å². The molecule has 0 amide bonds. The van der Waals surface area contributed by atoms with Gasteiger partial charge in [0.05, 0.1) is 27.9 Å². The van der Waals surface area contributed by atoms with Crippen molar-refractivity contribution in [1.82, 2.24) is 9.97 Å². The summed E-state index contributed by atoms with van der Waals surface area (Å²) in [5, 5.41) is 19.6. The Bertz CT molecular complexity index is 897. The van der Waals surface area contributed by atoms with Crippen LogP contribution in [0.3, 0.4) is 0 Å². The van der Waals surface area contributed by atoms with E-state index in [9.17, 15) is 10.1 Å². The second-order valence-corrected chi connectivity index (χ2v) is 4.75. The summed E-state index contributed by atoms with van der Waals surface area (Å²) < 4.78 is 0. The predicted octanol–water partition coefficient (Wildman–Crippen LogP) is 3.59. The molecule has 0 atom stereocenters. The van der Waals surface area contributed by atoms with E-state index in [1.807, 2.05) is 0 Å². The van der Waals surface area contributed by atoms with Gasteiger partial charge in [0.2, 0.25) is 0 Å². The van der Waals surface area contributed by atoms with Gasteiger partial charge in [0.1, 0.15) is 0 Å². The molecule has 0 unspecified atom stereocenters. The Labute approximate surface area is 131 Å². The summed E-state index contributed by atoms with van der Waals surface area (Å²) in [7, 11) is 0. The molecule has 0 aliphatic rings. The number of nitriles is 1. The second kappa shape index (κ2) is 6.03. The summed E-state index contributed by atoms with van der Waals surface area (Å²) >= 11 is 0. The van der Waals surface area contributed by atoms with Crippen LogP contribution in [0, 0.1) is 21.4 Å². The fourth-order valence-corrected chi connectivity index (χ4v) is 2.20. The smallest absolute Gasteiger partial charge is 0.258 e. The average Bonchev–Trinajstić information content (AvgIpc) is 2.62. The monoisotopic (exact) mass is 302 g/mol. The molecule has 6 nitrogen and oxygen atoms in total. The maximum absolute atomic E-state index is 10.7. The van der Waals surface area contributed by atoms with Crippen molar-refractivity contribution < 1.29 is 4.92 Å². The van der Waals surface area contributed by atoms with Gasteiger partial charge in [0.25, 0.3) is 5.69 Å². The molecule has 2 aromatic carbocycles. The van der Waals surface area contributed by atoms with Crippen molar-refractivity contribution in [2.45, 2.75) is 0 Å². The Hall–Kier alpha value is -3.59. The Morgan fingerprint density at radius 3 is 1.78 bits per heavy atom. The maximum atomic E-state index is 10.7. The number of rotatable bonds is 3. The number of non-ortho nitro benzene ring substituents is 1. The summed E-state index contributed by atoms with van der Waals surface area (Å²) in [5.74, 6) is 0. The lowest BCUT2D eigenvalue weighted by Gasteiger charge is -2.07. The van der Waals surface area contributed by atoms with Crippen molar-refractivity contribution >= 4 is 5.69 Å². The quantitative estimate of drug-likeness (QED) is 0.544. The number of benzene rings is 2. The van der Waals surface area contributed by atoms with Crippen LogP contribution >= 0.6 is 0 Å². The molecule has 6 heteroatoms. The molecule has 0 aliphatic carbocycles. The lowest BCUT2D eigenvalue weighted by Crippen LogP contribution is -1.93. The van der Waals surface area contributed by atoms with Crippen molar-refractivity contribution in [1.29, 1.82) is 5.26 Å². The molecule has 0 saturated carbocycles. The number of nitro groups is 1. The van der Waals surface area contributed by atoms with Crippen LogP contribution in [0.15, 0.2) is 60.9 Å². The van der Waals surface area contributed by atoms with E-state index < -0.39 is 4.92 Å². The largest absolute Gasteiger partial charge is 0.269 e. The summed E-state index contributed by atoms with van der Waals surface area (Å²) in [6.07, 6.45) is 3.16. The Balaban J connectivity index is 2.06. The van der Waals surface area contributed by atoms with E-state index >= 15 is 0 Å². The van der Waals surface area contributed by atoms with Gasteiger partial charge in [-0.1, -0.05) is 12.1 Å². The second-order valence-electron chi connectivity index (χ2n) is 4.75. The first-order chi connectivity index (χ1) is 11.2. The van der Waals surface area contributed by atoms with E-state index in [0.717, 1.165) is 11.1 Å². The van der Waals surface area contributed by atoms with E-state index in [0.29, 0.717) is 17.0 Å². The molecule has 0 radical (unpaired) electrons. The minimum atomic E-state index is -0.442. The van der Waals surface area contributed by atoms with Gasteiger partial charge >= 0.3 is 0 Å². The Morgan fingerprint density at radius 2 is 1.35 bits per heavy atom. The molecule has 0 bridgehead atoms. The molecule has 1 aromatic heterocycles. The van der Waals surface area contributed by atoms with Gasteiger partial charge in [0, 0.05) is 35.7 Å². The zero-order valence-electron chi connectivity index (χ0n) is 11.9. The molecule has 3 rings (SSSR count). The highest BCUT2D eigenvalue weighted by molar-refractivity contribution is 5.78. The van der Waals surface area contributed by atoms with Crippen LogP contribution in [0.2, 0.25) is 0 Å². The molecule has 0 fully saturated rings.